The van der Waals surface area contributed by atoms with Crippen molar-refractivity contribution in [2.24, 2.45) is 0 Å². The van der Waals surface area contributed by atoms with Gasteiger partial charge in [-0.15, -0.1) is 5.10 Å². The third-order valence-electron chi connectivity index (χ3n) is 4.39. The van der Waals surface area contributed by atoms with Gasteiger partial charge in [0.15, 0.2) is 0 Å². The summed E-state index contributed by atoms with van der Waals surface area (Å²) in [6, 6.07) is 18.4. The van der Waals surface area contributed by atoms with Crippen molar-refractivity contribution in [3.63, 3.8) is 0 Å². The van der Waals surface area contributed by atoms with E-state index in [2.05, 4.69) is 31.6 Å². The van der Waals surface area contributed by atoms with E-state index in [9.17, 15) is 9.18 Å². The molecule has 0 aliphatic heterocycles. The molecule has 0 fully saturated rings. The number of carbonyl (C=O) groups excluding carboxylic acids is 1. The number of ether oxygens (including phenoxy) is 1. The van der Waals surface area contributed by atoms with Crippen LogP contribution >= 0.6 is 15.9 Å². The molecule has 1 N–H and O–H groups in total. The van der Waals surface area contributed by atoms with Crippen LogP contribution in [0.15, 0.2) is 77.4 Å². The first-order valence-electron chi connectivity index (χ1n) is 8.96. The number of rotatable bonds is 5. The number of amides is 1. The summed E-state index contributed by atoms with van der Waals surface area (Å²) in [4.78, 5) is 12.5. The minimum atomic E-state index is -0.307. The fraction of sp³-hybridized carbons (Fsp3) is 0.0455. The van der Waals surface area contributed by atoms with Crippen molar-refractivity contribution < 1.29 is 13.9 Å². The lowest BCUT2D eigenvalue weighted by atomic mass is 10.1. The molecule has 1 aromatic heterocycles. The Labute approximate surface area is 180 Å². The fourth-order valence-electron chi connectivity index (χ4n) is 2.86. The number of hydrogen-bond acceptors (Lipinski definition) is 4. The molecule has 3 aromatic carbocycles. The normalized spacial score (nSPS) is 10.6. The van der Waals surface area contributed by atoms with Crippen molar-refractivity contribution in [3.05, 3.63) is 88.8 Å². The van der Waals surface area contributed by atoms with E-state index >= 15 is 0 Å². The second-order valence-corrected chi connectivity index (χ2v) is 7.35. The molecular formula is C22H16BrFN4O2. The number of carbonyl (C=O) groups is 1. The number of methoxy groups -OCH3 is 1. The van der Waals surface area contributed by atoms with Crippen LogP contribution in [-0.2, 0) is 0 Å². The van der Waals surface area contributed by atoms with Gasteiger partial charge in [0, 0.05) is 21.3 Å². The smallest absolute Gasteiger partial charge is 0.255 e. The van der Waals surface area contributed by atoms with Gasteiger partial charge in [-0.05, 0) is 54.6 Å². The van der Waals surface area contributed by atoms with E-state index in [-0.39, 0.29) is 11.7 Å². The quantitative estimate of drug-likeness (QED) is 0.444. The van der Waals surface area contributed by atoms with Crippen molar-refractivity contribution >= 4 is 27.5 Å². The van der Waals surface area contributed by atoms with E-state index in [1.165, 1.54) is 12.1 Å². The van der Waals surface area contributed by atoms with E-state index in [1.54, 1.807) is 60.5 Å². The number of nitrogens with one attached hydrogen (secondary N) is 1. The zero-order valence-electron chi connectivity index (χ0n) is 15.8. The van der Waals surface area contributed by atoms with Gasteiger partial charge < -0.3 is 10.1 Å². The maximum Gasteiger partial charge on any atom is 0.255 e. The van der Waals surface area contributed by atoms with E-state index in [1.807, 2.05) is 12.1 Å². The number of halogens is 2. The summed E-state index contributed by atoms with van der Waals surface area (Å²) in [7, 11) is 1.55. The molecule has 0 aliphatic rings. The van der Waals surface area contributed by atoms with Gasteiger partial charge in [0.2, 0.25) is 0 Å². The summed E-state index contributed by atoms with van der Waals surface area (Å²) in [6.45, 7) is 0. The van der Waals surface area contributed by atoms with E-state index in [0.717, 1.165) is 10.0 Å². The van der Waals surface area contributed by atoms with Gasteiger partial charge in [0.1, 0.15) is 17.3 Å². The molecule has 0 unspecified atom stereocenters. The van der Waals surface area contributed by atoms with Crippen LogP contribution in [0, 0.1) is 5.82 Å². The first-order valence-corrected chi connectivity index (χ1v) is 9.76. The highest BCUT2D eigenvalue weighted by molar-refractivity contribution is 9.10. The van der Waals surface area contributed by atoms with Gasteiger partial charge in [0.25, 0.3) is 5.91 Å². The van der Waals surface area contributed by atoms with Gasteiger partial charge in [-0.3, -0.25) is 4.79 Å². The number of anilines is 1. The third kappa shape index (κ3) is 4.38. The van der Waals surface area contributed by atoms with Crippen molar-refractivity contribution in [1.82, 2.24) is 15.0 Å². The highest BCUT2D eigenvalue weighted by atomic mass is 79.9. The first kappa shape index (κ1) is 19.8. The van der Waals surface area contributed by atoms with Gasteiger partial charge in [-0.25, -0.2) is 9.07 Å². The molecule has 1 heterocycles. The van der Waals surface area contributed by atoms with Crippen LogP contribution < -0.4 is 10.1 Å². The summed E-state index contributed by atoms with van der Waals surface area (Å²) in [5.41, 5.74) is 3.34. The van der Waals surface area contributed by atoms with Gasteiger partial charge in [-0.1, -0.05) is 33.3 Å². The second-order valence-electron chi connectivity index (χ2n) is 6.44. The Morgan fingerprint density at radius 1 is 1.07 bits per heavy atom. The lowest BCUT2D eigenvalue weighted by molar-refractivity contribution is 0.102. The van der Waals surface area contributed by atoms with Crippen molar-refractivity contribution in [2.45, 2.75) is 0 Å². The largest absolute Gasteiger partial charge is 0.497 e. The van der Waals surface area contributed by atoms with Crippen LogP contribution in [0.2, 0.25) is 0 Å². The minimum Gasteiger partial charge on any atom is -0.497 e. The molecule has 0 radical (unpaired) electrons. The molecule has 4 aromatic rings. The fourth-order valence-corrected chi connectivity index (χ4v) is 3.33. The van der Waals surface area contributed by atoms with Crippen LogP contribution in [0.25, 0.3) is 16.9 Å². The Balaban J connectivity index is 1.49. The molecule has 1 amide bonds. The molecule has 8 heteroatoms. The molecular weight excluding hydrogens is 451 g/mol. The average Bonchev–Trinajstić information content (AvgIpc) is 3.24. The van der Waals surface area contributed by atoms with E-state index in [0.29, 0.717) is 28.4 Å². The Morgan fingerprint density at radius 2 is 1.80 bits per heavy atom. The zero-order chi connectivity index (χ0) is 21.1. The number of hydrogen-bond donors (Lipinski definition) is 1. The van der Waals surface area contributed by atoms with Crippen molar-refractivity contribution in [2.75, 3.05) is 12.4 Å². The molecule has 30 heavy (non-hydrogen) atoms. The Bertz CT molecular complexity index is 1190. The predicted octanol–water partition coefficient (Wildman–Crippen LogP) is 5.10. The Kier molecular flexibility index (Phi) is 5.58. The Morgan fingerprint density at radius 3 is 2.50 bits per heavy atom. The highest BCUT2D eigenvalue weighted by Gasteiger charge is 2.10. The van der Waals surface area contributed by atoms with Crippen LogP contribution in [0.3, 0.4) is 0 Å². The summed E-state index contributed by atoms with van der Waals surface area (Å²) < 4.78 is 20.6. The molecule has 6 nitrogen and oxygen atoms in total. The van der Waals surface area contributed by atoms with E-state index in [4.69, 9.17) is 4.74 Å². The summed E-state index contributed by atoms with van der Waals surface area (Å²) in [5, 5.41) is 11.1. The monoisotopic (exact) mass is 466 g/mol. The molecule has 0 saturated heterocycles. The number of aromatic nitrogens is 3. The molecule has 150 valence electrons. The lowest BCUT2D eigenvalue weighted by Crippen LogP contribution is -2.12. The number of benzene rings is 3. The van der Waals surface area contributed by atoms with Gasteiger partial charge in [-0.2, -0.15) is 0 Å². The van der Waals surface area contributed by atoms with E-state index < -0.39 is 0 Å². The topological polar surface area (TPSA) is 69.0 Å². The molecule has 0 spiro atoms. The SMILES string of the molecule is COc1cc(Br)cc(C(=O)Nc2ccc(-c3cn(-c4ccc(F)cc4)nn3)cc2)c1. The molecule has 0 atom stereocenters. The molecule has 0 saturated carbocycles. The number of nitrogens with zero attached hydrogens (tertiary/aromatic N) is 3. The van der Waals surface area contributed by atoms with Crippen molar-refractivity contribution in [1.29, 1.82) is 0 Å². The molecule has 0 aliphatic carbocycles. The molecule has 0 bridgehead atoms. The van der Waals surface area contributed by atoms with Crippen LogP contribution in [0.1, 0.15) is 10.4 Å². The average molecular weight is 467 g/mol. The van der Waals surface area contributed by atoms with Crippen LogP contribution in [0.5, 0.6) is 5.75 Å². The molecule has 4 rings (SSSR count). The van der Waals surface area contributed by atoms with Gasteiger partial charge >= 0.3 is 0 Å². The predicted molar refractivity (Wildman–Crippen MR) is 115 cm³/mol. The maximum atomic E-state index is 13.1. The van der Waals surface area contributed by atoms with Crippen LogP contribution in [-0.4, -0.2) is 28.0 Å². The Hall–Kier alpha value is -3.52. The summed E-state index contributed by atoms with van der Waals surface area (Å²) in [6.07, 6.45) is 1.76. The highest BCUT2D eigenvalue weighted by Crippen LogP contribution is 2.23. The maximum absolute atomic E-state index is 13.1. The lowest BCUT2D eigenvalue weighted by Gasteiger charge is -2.08. The second kappa shape index (κ2) is 8.46. The summed E-state index contributed by atoms with van der Waals surface area (Å²) >= 11 is 3.37. The zero-order valence-corrected chi connectivity index (χ0v) is 17.4. The van der Waals surface area contributed by atoms with Gasteiger partial charge in [0.05, 0.1) is 19.0 Å². The summed E-state index contributed by atoms with van der Waals surface area (Å²) in [5.74, 6) is 0.0387. The van der Waals surface area contributed by atoms with Crippen LogP contribution in [0.4, 0.5) is 10.1 Å². The first-order chi connectivity index (χ1) is 14.5. The standard InChI is InChI=1S/C22H16BrFN4O2/c1-30-20-11-15(10-16(23)12-20)22(29)25-18-6-2-14(3-7-18)21-13-28(27-26-21)19-8-4-17(24)5-9-19/h2-13H,1H3,(H,25,29). The van der Waals surface area contributed by atoms with Crippen molar-refractivity contribution in [3.8, 4) is 22.7 Å². The third-order valence-corrected chi connectivity index (χ3v) is 4.85. The minimum absolute atomic E-state index is 0.246.